The number of hydrogen-bond donors (Lipinski definition) is 0. The lowest BCUT2D eigenvalue weighted by Gasteiger charge is -2.14. The Kier molecular flexibility index (Phi) is 5.36. The number of fused-ring (bicyclic) bond motifs is 1. The summed E-state index contributed by atoms with van der Waals surface area (Å²) in [5.74, 6) is 0. The van der Waals surface area contributed by atoms with E-state index in [4.69, 9.17) is 4.84 Å². The second kappa shape index (κ2) is 8.11. The Morgan fingerprint density at radius 2 is 1.67 bits per heavy atom. The molecule has 0 unspecified atom stereocenters. The van der Waals surface area contributed by atoms with E-state index in [0.29, 0.717) is 21.4 Å². The fourth-order valence-corrected chi connectivity index (χ4v) is 3.41. The van der Waals surface area contributed by atoms with Gasteiger partial charge in [0.25, 0.3) is 11.4 Å². The Labute approximate surface area is 183 Å². The third-order valence-corrected chi connectivity index (χ3v) is 5.25. The van der Waals surface area contributed by atoms with Gasteiger partial charge in [-0.1, -0.05) is 12.1 Å². The number of benzene rings is 3. The predicted octanol–water partition coefficient (Wildman–Crippen LogP) is 3.44. The van der Waals surface area contributed by atoms with Crippen LogP contribution >= 0.6 is 22.6 Å². The lowest BCUT2D eigenvalue weighted by atomic mass is 10.1. The number of non-ortho nitro benzene ring substituents is 1. The minimum atomic E-state index is -0.591. The zero-order valence-corrected chi connectivity index (χ0v) is 17.6. The fraction of sp³-hybridized carbons (Fsp3) is 0.0476. The van der Waals surface area contributed by atoms with Crippen LogP contribution in [-0.4, -0.2) is 9.65 Å². The Hall–Kier alpha value is -3.47. The molecule has 8 nitrogen and oxygen atoms in total. The molecule has 30 heavy (non-hydrogen) atoms. The summed E-state index contributed by atoms with van der Waals surface area (Å²) >= 11 is 2.15. The molecule has 0 N–H and O–H groups in total. The lowest BCUT2D eigenvalue weighted by molar-refractivity contribution is -0.566. The van der Waals surface area contributed by atoms with Crippen LogP contribution in [0.25, 0.3) is 22.3 Å². The van der Waals surface area contributed by atoms with Crippen molar-refractivity contribution < 1.29 is 14.5 Å². The first-order valence-corrected chi connectivity index (χ1v) is 9.93. The molecular formula is C21H14IN3O5. The molecule has 0 saturated carbocycles. The van der Waals surface area contributed by atoms with Crippen LogP contribution in [0.1, 0.15) is 5.56 Å². The second-order valence-corrected chi connectivity index (χ2v) is 7.68. The molecule has 0 bridgehead atoms. The van der Waals surface area contributed by atoms with E-state index in [1.165, 1.54) is 12.1 Å². The van der Waals surface area contributed by atoms with Crippen molar-refractivity contribution in [2.75, 3.05) is 0 Å². The van der Waals surface area contributed by atoms with E-state index < -0.39 is 10.5 Å². The zero-order valence-electron chi connectivity index (χ0n) is 15.4. The van der Waals surface area contributed by atoms with Gasteiger partial charge in [0.2, 0.25) is 5.52 Å². The number of aromatic nitrogens is 2. The van der Waals surface area contributed by atoms with Gasteiger partial charge in [-0.2, -0.15) is 4.73 Å². The van der Waals surface area contributed by atoms with E-state index in [1.54, 1.807) is 48.5 Å². The van der Waals surface area contributed by atoms with Crippen molar-refractivity contribution in [1.82, 2.24) is 4.73 Å². The minimum Gasteiger partial charge on any atom is -0.618 e. The van der Waals surface area contributed by atoms with Crippen molar-refractivity contribution in [2.24, 2.45) is 0 Å². The fourth-order valence-electron chi connectivity index (χ4n) is 3.05. The van der Waals surface area contributed by atoms with Gasteiger partial charge in [0.15, 0.2) is 5.52 Å². The van der Waals surface area contributed by atoms with Crippen LogP contribution in [0.5, 0.6) is 0 Å². The molecule has 4 aromatic rings. The summed E-state index contributed by atoms with van der Waals surface area (Å²) in [5.41, 5.74) is 1.07. The van der Waals surface area contributed by atoms with Gasteiger partial charge in [-0.3, -0.25) is 14.9 Å². The number of hydrogen-bond acceptors (Lipinski definition) is 5. The van der Waals surface area contributed by atoms with Crippen LogP contribution in [0.4, 0.5) is 5.69 Å². The third-order valence-electron chi connectivity index (χ3n) is 4.53. The molecule has 1 heterocycles. The molecule has 0 saturated heterocycles. The molecule has 0 radical (unpaired) electrons. The van der Waals surface area contributed by atoms with E-state index in [-0.39, 0.29) is 23.5 Å². The van der Waals surface area contributed by atoms with Gasteiger partial charge in [-0.15, -0.1) is 4.73 Å². The standard InChI is InChI=1S/C21H14IN3O5/c22-16-9-7-15(8-10-16)20-21(26)24(19-4-2-1-3-18(19)23(20)27)30-13-14-5-11-17(12-6-14)25(28)29/h1-12H,13H2. The Balaban J connectivity index is 1.79. The third kappa shape index (κ3) is 3.71. The molecule has 0 aliphatic carbocycles. The summed E-state index contributed by atoms with van der Waals surface area (Å²) in [6, 6.07) is 19.6. The first kappa shape index (κ1) is 19.8. The maximum atomic E-state index is 13.2. The van der Waals surface area contributed by atoms with Crippen molar-refractivity contribution in [2.45, 2.75) is 6.61 Å². The van der Waals surface area contributed by atoms with Gasteiger partial charge >= 0.3 is 5.56 Å². The number of nitro benzene ring substituents is 1. The van der Waals surface area contributed by atoms with E-state index in [2.05, 4.69) is 22.6 Å². The topological polar surface area (TPSA) is 101 Å². The summed E-state index contributed by atoms with van der Waals surface area (Å²) in [7, 11) is 0. The summed E-state index contributed by atoms with van der Waals surface area (Å²) in [5, 5.41) is 23.7. The molecule has 0 fully saturated rings. The Morgan fingerprint density at radius 3 is 2.33 bits per heavy atom. The maximum absolute atomic E-state index is 13.2. The van der Waals surface area contributed by atoms with Gasteiger partial charge < -0.3 is 10.0 Å². The molecule has 0 amide bonds. The molecular weight excluding hydrogens is 501 g/mol. The van der Waals surface area contributed by atoms with Gasteiger partial charge in [-0.25, -0.2) is 0 Å². The van der Waals surface area contributed by atoms with Gasteiger partial charge in [0.1, 0.15) is 6.61 Å². The van der Waals surface area contributed by atoms with E-state index in [0.717, 1.165) is 8.30 Å². The van der Waals surface area contributed by atoms with Crippen LogP contribution in [0.15, 0.2) is 77.6 Å². The van der Waals surface area contributed by atoms with Crippen molar-refractivity contribution in [3.63, 3.8) is 0 Å². The summed E-state index contributed by atoms with van der Waals surface area (Å²) in [6.07, 6.45) is 0. The summed E-state index contributed by atoms with van der Waals surface area (Å²) < 4.78 is 2.69. The number of halogens is 1. The molecule has 0 spiro atoms. The van der Waals surface area contributed by atoms with Crippen molar-refractivity contribution in [1.29, 1.82) is 0 Å². The highest BCUT2D eigenvalue weighted by Crippen LogP contribution is 2.18. The van der Waals surface area contributed by atoms with Gasteiger partial charge in [0, 0.05) is 21.8 Å². The van der Waals surface area contributed by atoms with Crippen LogP contribution in [-0.2, 0) is 6.61 Å². The quantitative estimate of drug-likeness (QED) is 0.133. The smallest absolute Gasteiger partial charge is 0.357 e. The molecule has 9 heteroatoms. The van der Waals surface area contributed by atoms with Gasteiger partial charge in [0.05, 0.1) is 10.5 Å². The van der Waals surface area contributed by atoms with Crippen LogP contribution in [0.3, 0.4) is 0 Å². The normalized spacial score (nSPS) is 10.8. The van der Waals surface area contributed by atoms with Crippen molar-refractivity contribution in [3.8, 4) is 11.3 Å². The van der Waals surface area contributed by atoms with Gasteiger partial charge in [-0.05, 0) is 70.6 Å². The zero-order chi connectivity index (χ0) is 21.3. The highest BCUT2D eigenvalue weighted by Gasteiger charge is 2.23. The molecule has 1 aromatic heterocycles. The average Bonchev–Trinajstić information content (AvgIpc) is 2.75. The van der Waals surface area contributed by atoms with Crippen LogP contribution in [0, 0.1) is 18.9 Å². The number of nitrogens with zero attached hydrogens (tertiary/aromatic N) is 3. The monoisotopic (exact) mass is 515 g/mol. The van der Waals surface area contributed by atoms with E-state index in [1.807, 2.05) is 12.1 Å². The van der Waals surface area contributed by atoms with Crippen LogP contribution in [0.2, 0.25) is 0 Å². The molecule has 4 rings (SSSR count). The van der Waals surface area contributed by atoms with Crippen LogP contribution < -0.4 is 15.1 Å². The second-order valence-electron chi connectivity index (χ2n) is 6.44. The molecule has 3 aromatic carbocycles. The Bertz CT molecular complexity index is 1300. The first-order chi connectivity index (χ1) is 14.5. The SMILES string of the molecule is O=c1c(-c2ccc(I)cc2)[n+]([O-])c2ccccc2n1OCc1ccc([N+](=O)[O-])cc1. The van der Waals surface area contributed by atoms with E-state index in [9.17, 15) is 20.1 Å². The highest BCUT2D eigenvalue weighted by molar-refractivity contribution is 14.1. The largest absolute Gasteiger partial charge is 0.618 e. The number of rotatable bonds is 5. The molecule has 0 atom stereocenters. The summed E-state index contributed by atoms with van der Waals surface area (Å²) in [6.45, 7) is -0.00308. The number of nitro groups is 1. The van der Waals surface area contributed by atoms with Crippen molar-refractivity contribution >= 4 is 39.3 Å². The molecule has 150 valence electrons. The lowest BCUT2D eigenvalue weighted by Crippen LogP contribution is -2.42. The maximum Gasteiger partial charge on any atom is 0.357 e. The molecule has 0 aliphatic heterocycles. The van der Waals surface area contributed by atoms with Crippen molar-refractivity contribution in [3.05, 3.63) is 108 Å². The highest BCUT2D eigenvalue weighted by atomic mass is 127. The van der Waals surface area contributed by atoms with E-state index >= 15 is 0 Å². The predicted molar refractivity (Wildman–Crippen MR) is 119 cm³/mol. The average molecular weight is 515 g/mol. The number of para-hydroxylation sites is 2. The summed E-state index contributed by atoms with van der Waals surface area (Å²) in [4.78, 5) is 29.3. The Morgan fingerprint density at radius 1 is 1.00 bits per heavy atom. The minimum absolute atomic E-state index is 0.00308. The first-order valence-electron chi connectivity index (χ1n) is 8.85. The molecule has 0 aliphatic rings.